The third kappa shape index (κ3) is 3.56. The topological polar surface area (TPSA) is 76.5 Å². The molecule has 2 aromatic rings. The molecule has 0 aliphatic carbocycles. The first-order valence-corrected chi connectivity index (χ1v) is 10.5. The van der Waals surface area contributed by atoms with Crippen LogP contribution in [-0.4, -0.2) is 78.0 Å². The molecule has 30 heavy (non-hydrogen) atoms. The fourth-order valence-corrected chi connectivity index (χ4v) is 4.76. The van der Waals surface area contributed by atoms with Gasteiger partial charge in [-0.1, -0.05) is 12.1 Å². The number of benzene rings is 1. The lowest BCUT2D eigenvalue weighted by atomic mass is 9.92. The number of alkyl halides is 2. The Labute approximate surface area is 174 Å². The number of halogens is 2. The molecule has 0 radical (unpaired) electrons. The number of piperazine rings is 1. The second-order valence-corrected chi connectivity index (χ2v) is 8.39. The first-order chi connectivity index (χ1) is 14.5. The highest BCUT2D eigenvalue weighted by molar-refractivity contribution is 5.76. The van der Waals surface area contributed by atoms with Gasteiger partial charge in [-0.15, -0.1) is 10.2 Å². The number of hydrogen-bond donors (Lipinski definition) is 3. The molecular formula is C21H26F2N6O. The van der Waals surface area contributed by atoms with E-state index in [0.29, 0.717) is 37.3 Å². The summed E-state index contributed by atoms with van der Waals surface area (Å²) in [6.45, 7) is 3.81. The van der Waals surface area contributed by atoms with Gasteiger partial charge in [0, 0.05) is 44.2 Å². The van der Waals surface area contributed by atoms with Crippen LogP contribution in [0.5, 0.6) is 5.75 Å². The number of nitrogens with zero attached hydrogens (tertiary/aromatic N) is 4. The van der Waals surface area contributed by atoms with Crippen LogP contribution >= 0.6 is 0 Å². The molecule has 4 heterocycles. The van der Waals surface area contributed by atoms with Crippen molar-refractivity contribution in [3.05, 3.63) is 30.3 Å². The number of nitrogens with one attached hydrogen (secondary N) is 2. The van der Waals surface area contributed by atoms with Crippen LogP contribution < -0.4 is 15.5 Å². The molecular weight excluding hydrogens is 390 g/mol. The molecule has 2 saturated heterocycles. The van der Waals surface area contributed by atoms with Gasteiger partial charge in [-0.05, 0) is 31.2 Å². The first kappa shape index (κ1) is 19.4. The van der Waals surface area contributed by atoms with Crippen LogP contribution in [0, 0.1) is 5.92 Å². The summed E-state index contributed by atoms with van der Waals surface area (Å²) in [7, 11) is 0. The number of anilines is 2. The second-order valence-electron chi connectivity index (χ2n) is 8.39. The van der Waals surface area contributed by atoms with E-state index >= 15 is 0 Å². The fourth-order valence-electron chi connectivity index (χ4n) is 4.76. The van der Waals surface area contributed by atoms with E-state index in [1.54, 1.807) is 12.1 Å². The Morgan fingerprint density at radius 2 is 2.07 bits per heavy atom. The molecule has 5 rings (SSSR count). The number of phenolic OH excluding ortho intramolecular Hbond substituents is 1. The molecule has 1 unspecified atom stereocenters. The van der Waals surface area contributed by atoms with Crippen LogP contribution in [0.2, 0.25) is 0 Å². The molecule has 0 saturated carbocycles. The predicted octanol–water partition coefficient (Wildman–Crippen LogP) is 2.01. The number of aromatic hydroxyl groups is 1. The van der Waals surface area contributed by atoms with Gasteiger partial charge >= 0.3 is 0 Å². The van der Waals surface area contributed by atoms with Crippen LogP contribution in [0.3, 0.4) is 0 Å². The molecule has 3 aliphatic rings. The van der Waals surface area contributed by atoms with Crippen molar-refractivity contribution in [2.75, 3.05) is 56.0 Å². The summed E-state index contributed by atoms with van der Waals surface area (Å²) in [5.74, 6) is -2.34. The van der Waals surface area contributed by atoms with E-state index in [0.717, 1.165) is 31.1 Å². The van der Waals surface area contributed by atoms with E-state index in [2.05, 4.69) is 30.6 Å². The molecule has 9 heteroatoms. The van der Waals surface area contributed by atoms with Gasteiger partial charge in [0.1, 0.15) is 5.75 Å². The van der Waals surface area contributed by atoms with Crippen LogP contribution in [0.15, 0.2) is 30.3 Å². The zero-order valence-electron chi connectivity index (χ0n) is 16.7. The van der Waals surface area contributed by atoms with Gasteiger partial charge in [0.05, 0.1) is 24.0 Å². The zero-order chi connectivity index (χ0) is 20.7. The van der Waals surface area contributed by atoms with Gasteiger partial charge in [0.2, 0.25) is 0 Å². The van der Waals surface area contributed by atoms with Gasteiger partial charge in [0.25, 0.3) is 5.92 Å². The van der Waals surface area contributed by atoms with Crippen molar-refractivity contribution in [2.45, 2.75) is 18.4 Å². The quantitative estimate of drug-likeness (QED) is 0.707. The minimum Gasteiger partial charge on any atom is -0.507 e. The number of aromatic nitrogens is 2. The standard InChI is InChI=1S/C21H26F2N6O/c22-21(23)13-24-6-5-14(21)11-28-7-8-29-15(12-28)10-25-20-18(29)9-17(26-27-20)16-3-1-2-4-19(16)30/h1-4,9,14-15,24,30H,5-8,10-13H2,(H,25,27)/t14?,15-/m0/s1. The highest BCUT2D eigenvalue weighted by Gasteiger charge is 2.43. The largest absolute Gasteiger partial charge is 0.507 e. The Hall–Kier alpha value is -2.52. The van der Waals surface area contributed by atoms with Crippen molar-refractivity contribution < 1.29 is 13.9 Å². The van der Waals surface area contributed by atoms with Crippen molar-refractivity contribution in [1.29, 1.82) is 0 Å². The zero-order valence-corrected chi connectivity index (χ0v) is 16.7. The second kappa shape index (κ2) is 7.63. The van der Waals surface area contributed by atoms with Crippen LogP contribution in [-0.2, 0) is 0 Å². The third-order valence-corrected chi connectivity index (χ3v) is 6.44. The van der Waals surface area contributed by atoms with Gasteiger partial charge in [-0.2, -0.15) is 0 Å². The average molecular weight is 416 g/mol. The Morgan fingerprint density at radius 1 is 1.20 bits per heavy atom. The molecule has 0 spiro atoms. The number of hydrogen-bond acceptors (Lipinski definition) is 7. The SMILES string of the molecule is Oc1ccccc1-c1cc2c(nn1)NC[C@H]1CN(CC3CCNCC3(F)F)CCN21. The fraction of sp³-hybridized carbons (Fsp3) is 0.524. The Bertz CT molecular complexity index is 926. The van der Waals surface area contributed by atoms with Crippen molar-refractivity contribution in [3.8, 4) is 17.0 Å². The Kier molecular flexibility index (Phi) is 4.94. The molecule has 2 atom stereocenters. The third-order valence-electron chi connectivity index (χ3n) is 6.44. The smallest absolute Gasteiger partial charge is 0.264 e. The Balaban J connectivity index is 1.33. The highest BCUT2D eigenvalue weighted by Crippen LogP contribution is 2.37. The molecule has 7 nitrogen and oxygen atoms in total. The molecule has 0 amide bonds. The molecule has 160 valence electrons. The number of rotatable bonds is 3. The van der Waals surface area contributed by atoms with E-state index in [4.69, 9.17) is 0 Å². The summed E-state index contributed by atoms with van der Waals surface area (Å²) >= 11 is 0. The van der Waals surface area contributed by atoms with Crippen molar-refractivity contribution in [3.63, 3.8) is 0 Å². The maximum absolute atomic E-state index is 14.2. The summed E-state index contributed by atoms with van der Waals surface area (Å²) in [5.41, 5.74) is 2.21. The summed E-state index contributed by atoms with van der Waals surface area (Å²) < 4.78 is 28.5. The lowest BCUT2D eigenvalue weighted by molar-refractivity contribution is -0.0839. The summed E-state index contributed by atoms with van der Waals surface area (Å²) in [5, 5.41) is 24.9. The molecule has 1 aromatic heterocycles. The first-order valence-electron chi connectivity index (χ1n) is 10.5. The summed E-state index contributed by atoms with van der Waals surface area (Å²) in [6, 6.07) is 9.21. The highest BCUT2D eigenvalue weighted by atomic mass is 19.3. The maximum atomic E-state index is 14.2. The summed E-state index contributed by atoms with van der Waals surface area (Å²) in [6.07, 6.45) is 0.512. The monoisotopic (exact) mass is 416 g/mol. The van der Waals surface area contributed by atoms with Crippen LogP contribution in [0.1, 0.15) is 6.42 Å². The number of para-hydroxylation sites is 1. The van der Waals surface area contributed by atoms with Crippen LogP contribution in [0.4, 0.5) is 20.3 Å². The lowest BCUT2D eigenvalue weighted by Crippen LogP contribution is -2.60. The predicted molar refractivity (Wildman–Crippen MR) is 111 cm³/mol. The van der Waals surface area contributed by atoms with E-state index < -0.39 is 11.8 Å². The molecule has 2 fully saturated rings. The van der Waals surface area contributed by atoms with Gasteiger partial charge in [0.15, 0.2) is 5.82 Å². The number of phenols is 1. The molecule has 3 N–H and O–H groups in total. The minimum atomic E-state index is -2.64. The molecule has 0 bridgehead atoms. The number of piperidine rings is 1. The molecule has 3 aliphatic heterocycles. The van der Waals surface area contributed by atoms with E-state index in [-0.39, 0.29) is 18.3 Å². The van der Waals surface area contributed by atoms with Crippen LogP contribution in [0.25, 0.3) is 11.3 Å². The normalized spacial score (nSPS) is 25.9. The van der Waals surface area contributed by atoms with Crippen molar-refractivity contribution in [1.82, 2.24) is 20.4 Å². The molecule has 1 aromatic carbocycles. The lowest BCUT2D eigenvalue weighted by Gasteiger charge is -2.47. The van der Waals surface area contributed by atoms with Crippen molar-refractivity contribution in [2.24, 2.45) is 5.92 Å². The van der Waals surface area contributed by atoms with E-state index in [1.807, 2.05) is 18.2 Å². The minimum absolute atomic E-state index is 0.166. The van der Waals surface area contributed by atoms with Gasteiger partial charge < -0.3 is 20.6 Å². The van der Waals surface area contributed by atoms with Gasteiger partial charge in [-0.3, -0.25) is 4.90 Å². The summed E-state index contributed by atoms with van der Waals surface area (Å²) in [4.78, 5) is 4.47. The van der Waals surface area contributed by atoms with Crippen molar-refractivity contribution >= 4 is 11.5 Å². The van der Waals surface area contributed by atoms with Gasteiger partial charge in [-0.25, -0.2) is 8.78 Å². The Morgan fingerprint density at radius 3 is 2.90 bits per heavy atom. The van der Waals surface area contributed by atoms with E-state index in [9.17, 15) is 13.9 Å². The van der Waals surface area contributed by atoms with E-state index in [1.165, 1.54) is 0 Å². The maximum Gasteiger partial charge on any atom is 0.264 e. The average Bonchev–Trinajstić information content (AvgIpc) is 2.75. The number of fused-ring (bicyclic) bond motifs is 3.